The number of nitrogens with one attached hydrogen (secondary N) is 2. The zero-order valence-electron chi connectivity index (χ0n) is 11.3. The summed E-state index contributed by atoms with van der Waals surface area (Å²) in [5, 5.41) is 0. The van der Waals surface area contributed by atoms with Gasteiger partial charge in [0.15, 0.2) is 9.84 Å². The van der Waals surface area contributed by atoms with Gasteiger partial charge >= 0.3 is 0 Å². The number of anilines is 1. The van der Waals surface area contributed by atoms with Crippen molar-refractivity contribution in [2.45, 2.75) is 12.3 Å². The molecule has 2 N–H and O–H groups in total. The minimum atomic E-state index is -2.97. The monoisotopic (exact) mass is 290 g/mol. The first-order chi connectivity index (χ1) is 9.53. The number of hydrazine groups is 1. The lowest BCUT2D eigenvalue weighted by Gasteiger charge is -2.08. The van der Waals surface area contributed by atoms with E-state index in [2.05, 4.69) is 10.9 Å². The zero-order valence-corrected chi connectivity index (χ0v) is 12.2. The summed E-state index contributed by atoms with van der Waals surface area (Å²) in [4.78, 5) is 0. The number of hydrogen-bond acceptors (Lipinski definition) is 4. The van der Waals surface area contributed by atoms with Crippen LogP contribution in [-0.4, -0.2) is 14.7 Å². The van der Waals surface area contributed by atoms with Crippen LogP contribution in [0.1, 0.15) is 11.1 Å². The van der Waals surface area contributed by atoms with Crippen molar-refractivity contribution in [3.05, 3.63) is 65.7 Å². The van der Waals surface area contributed by atoms with E-state index in [-0.39, 0.29) is 5.75 Å². The summed E-state index contributed by atoms with van der Waals surface area (Å²) in [6.45, 7) is 0.661. The highest BCUT2D eigenvalue weighted by molar-refractivity contribution is 7.89. The Hall–Kier alpha value is -1.85. The van der Waals surface area contributed by atoms with Crippen LogP contribution in [0.4, 0.5) is 5.69 Å². The summed E-state index contributed by atoms with van der Waals surface area (Å²) in [5.41, 5.74) is 9.12. The van der Waals surface area contributed by atoms with Gasteiger partial charge in [-0.25, -0.2) is 13.8 Å². The third kappa shape index (κ3) is 5.03. The number of para-hydroxylation sites is 1. The van der Waals surface area contributed by atoms with Gasteiger partial charge in [-0.05, 0) is 23.3 Å². The van der Waals surface area contributed by atoms with Gasteiger partial charge < -0.3 is 5.43 Å². The maximum absolute atomic E-state index is 11.2. The number of hydrogen-bond donors (Lipinski definition) is 2. The molecule has 0 fully saturated rings. The Bertz CT molecular complexity index is 637. The summed E-state index contributed by atoms with van der Waals surface area (Å²) in [5.74, 6) is 0.0863. The molecule has 0 unspecified atom stereocenters. The molecular weight excluding hydrogens is 272 g/mol. The molecule has 0 bridgehead atoms. The van der Waals surface area contributed by atoms with Crippen molar-refractivity contribution < 1.29 is 8.42 Å². The average Bonchev–Trinajstić information content (AvgIpc) is 2.40. The van der Waals surface area contributed by atoms with Gasteiger partial charge in [-0.1, -0.05) is 42.5 Å². The first kappa shape index (κ1) is 14.6. The standard InChI is InChI=1S/C15H18N2O2S/c1-20(18,19)12-14-9-7-13(8-10-14)11-16-17-15-5-3-2-4-6-15/h2-10,16-17H,11-12H2,1H3. The summed E-state index contributed by atoms with van der Waals surface area (Å²) in [7, 11) is -2.97. The van der Waals surface area contributed by atoms with Gasteiger partial charge in [0.2, 0.25) is 0 Å². The van der Waals surface area contributed by atoms with E-state index in [1.54, 1.807) is 0 Å². The van der Waals surface area contributed by atoms with E-state index in [0.29, 0.717) is 6.54 Å². The van der Waals surface area contributed by atoms with Gasteiger partial charge in [-0.3, -0.25) is 0 Å². The van der Waals surface area contributed by atoms with E-state index >= 15 is 0 Å². The second-order valence-electron chi connectivity index (χ2n) is 4.73. The predicted molar refractivity (Wildman–Crippen MR) is 81.9 cm³/mol. The highest BCUT2D eigenvalue weighted by atomic mass is 32.2. The van der Waals surface area contributed by atoms with E-state index in [4.69, 9.17) is 0 Å². The van der Waals surface area contributed by atoms with Crippen LogP contribution in [0.3, 0.4) is 0 Å². The Morgan fingerprint density at radius 1 is 0.900 bits per heavy atom. The Kier molecular flexibility index (Phi) is 4.76. The number of rotatable bonds is 6. The fourth-order valence-electron chi connectivity index (χ4n) is 1.83. The maximum Gasteiger partial charge on any atom is 0.151 e. The van der Waals surface area contributed by atoms with Gasteiger partial charge in [-0.2, -0.15) is 0 Å². The molecule has 0 heterocycles. The minimum absolute atomic E-state index is 0.0863. The molecule has 5 heteroatoms. The summed E-state index contributed by atoms with van der Waals surface area (Å²) >= 11 is 0. The SMILES string of the molecule is CS(=O)(=O)Cc1ccc(CNNc2ccccc2)cc1. The molecule has 0 aliphatic carbocycles. The Morgan fingerprint density at radius 2 is 1.50 bits per heavy atom. The van der Waals surface area contributed by atoms with Crippen molar-refractivity contribution in [3.63, 3.8) is 0 Å². The van der Waals surface area contributed by atoms with Gasteiger partial charge in [-0.15, -0.1) is 0 Å². The van der Waals surface area contributed by atoms with Gasteiger partial charge in [0.25, 0.3) is 0 Å². The van der Waals surface area contributed by atoms with Crippen molar-refractivity contribution in [1.82, 2.24) is 5.43 Å². The van der Waals surface area contributed by atoms with Crippen LogP contribution in [0.2, 0.25) is 0 Å². The molecule has 2 aromatic carbocycles. The summed E-state index contributed by atoms with van der Waals surface area (Å²) in [6.07, 6.45) is 1.24. The van der Waals surface area contributed by atoms with E-state index in [1.165, 1.54) is 6.26 Å². The van der Waals surface area contributed by atoms with Crippen LogP contribution in [-0.2, 0) is 22.1 Å². The second-order valence-corrected chi connectivity index (χ2v) is 6.87. The zero-order chi connectivity index (χ0) is 14.4. The Labute approximate surface area is 119 Å². The van der Waals surface area contributed by atoms with Crippen LogP contribution < -0.4 is 10.9 Å². The lowest BCUT2D eigenvalue weighted by atomic mass is 10.1. The normalized spacial score (nSPS) is 11.2. The van der Waals surface area contributed by atoms with Crippen LogP contribution in [0, 0.1) is 0 Å². The molecule has 0 aromatic heterocycles. The van der Waals surface area contributed by atoms with E-state index in [0.717, 1.165) is 16.8 Å². The molecule has 2 aromatic rings. The highest BCUT2D eigenvalue weighted by Gasteiger charge is 2.03. The van der Waals surface area contributed by atoms with Crippen molar-refractivity contribution in [2.75, 3.05) is 11.7 Å². The molecule has 0 amide bonds. The van der Waals surface area contributed by atoms with Crippen molar-refractivity contribution in [3.8, 4) is 0 Å². The molecule has 20 heavy (non-hydrogen) atoms. The molecule has 0 saturated carbocycles. The highest BCUT2D eigenvalue weighted by Crippen LogP contribution is 2.08. The van der Waals surface area contributed by atoms with Crippen LogP contribution in [0.25, 0.3) is 0 Å². The first-order valence-electron chi connectivity index (χ1n) is 6.32. The lowest BCUT2D eigenvalue weighted by Crippen LogP contribution is -2.20. The van der Waals surface area contributed by atoms with Crippen molar-refractivity contribution >= 4 is 15.5 Å². The smallest absolute Gasteiger partial charge is 0.151 e. The van der Waals surface area contributed by atoms with Crippen molar-refractivity contribution in [1.29, 1.82) is 0 Å². The van der Waals surface area contributed by atoms with E-state index in [9.17, 15) is 8.42 Å². The second kappa shape index (κ2) is 6.54. The summed E-state index contributed by atoms with van der Waals surface area (Å²) < 4.78 is 22.4. The van der Waals surface area contributed by atoms with Gasteiger partial charge in [0.1, 0.15) is 0 Å². The molecule has 0 atom stereocenters. The lowest BCUT2D eigenvalue weighted by molar-refractivity contribution is 0.601. The molecule has 0 aliphatic rings. The fourth-order valence-corrected chi connectivity index (χ4v) is 2.62. The minimum Gasteiger partial charge on any atom is -0.321 e. The number of sulfone groups is 1. The third-order valence-corrected chi connectivity index (χ3v) is 3.61. The largest absolute Gasteiger partial charge is 0.321 e. The maximum atomic E-state index is 11.2. The molecule has 4 nitrogen and oxygen atoms in total. The topological polar surface area (TPSA) is 58.2 Å². The fraction of sp³-hybridized carbons (Fsp3) is 0.200. The quantitative estimate of drug-likeness (QED) is 0.802. The van der Waals surface area contributed by atoms with E-state index < -0.39 is 9.84 Å². The van der Waals surface area contributed by atoms with Crippen molar-refractivity contribution in [2.24, 2.45) is 0 Å². The molecule has 0 radical (unpaired) electrons. The van der Waals surface area contributed by atoms with Gasteiger partial charge in [0, 0.05) is 18.5 Å². The van der Waals surface area contributed by atoms with Crippen LogP contribution in [0.5, 0.6) is 0 Å². The number of benzene rings is 2. The Morgan fingerprint density at radius 3 is 2.10 bits per heavy atom. The average molecular weight is 290 g/mol. The van der Waals surface area contributed by atoms with E-state index in [1.807, 2.05) is 54.6 Å². The molecule has 106 valence electrons. The van der Waals surface area contributed by atoms with Crippen LogP contribution >= 0.6 is 0 Å². The molecule has 0 saturated heterocycles. The van der Waals surface area contributed by atoms with Crippen LogP contribution in [0.15, 0.2) is 54.6 Å². The third-order valence-electron chi connectivity index (χ3n) is 2.75. The van der Waals surface area contributed by atoms with Gasteiger partial charge in [0.05, 0.1) is 5.75 Å². The summed E-state index contributed by atoms with van der Waals surface area (Å²) in [6, 6.07) is 17.4. The Balaban J connectivity index is 1.85. The molecular formula is C15H18N2O2S. The molecule has 0 spiro atoms. The molecule has 2 rings (SSSR count). The molecule has 0 aliphatic heterocycles. The first-order valence-corrected chi connectivity index (χ1v) is 8.38. The predicted octanol–water partition coefficient (Wildman–Crippen LogP) is 2.35.